The molecule has 0 aromatic carbocycles. The number of unbranched alkanes of at least 4 members (excludes halogenated alkanes) is 18. The van der Waals surface area contributed by atoms with Crippen molar-refractivity contribution in [3.63, 3.8) is 0 Å². The first kappa shape index (κ1) is 34.7. The molecule has 0 unspecified atom stereocenters. The van der Waals surface area contributed by atoms with Crippen molar-refractivity contribution >= 4 is 11.5 Å². The van der Waals surface area contributed by atoms with Crippen molar-refractivity contribution in [3.8, 4) is 0 Å². The van der Waals surface area contributed by atoms with Crippen LogP contribution in [-0.2, 0) is 13.1 Å². The summed E-state index contributed by atoms with van der Waals surface area (Å²) in [5.74, 6) is -0.154. The minimum Gasteiger partial charge on any atom is -0.507 e. The number of aryl methyl sites for hydroxylation is 2. The summed E-state index contributed by atoms with van der Waals surface area (Å²) in [6.45, 7) is 6.51. The van der Waals surface area contributed by atoms with E-state index >= 15 is 0 Å². The van der Waals surface area contributed by atoms with Gasteiger partial charge in [0.1, 0.15) is 18.8 Å². The van der Waals surface area contributed by atoms with Crippen LogP contribution in [0, 0.1) is 0 Å². The van der Waals surface area contributed by atoms with Gasteiger partial charge in [0.15, 0.2) is 30.6 Å². The molecule has 0 fully saturated rings. The number of aliphatic hydroxyl groups is 1. The summed E-state index contributed by atoms with van der Waals surface area (Å²) in [4.78, 5) is 12.7. The molecule has 0 aliphatic carbocycles. The van der Waals surface area contributed by atoms with Crippen molar-refractivity contribution in [2.45, 2.75) is 155 Å². The highest BCUT2D eigenvalue weighted by atomic mass is 16.3. The molecule has 0 radical (unpaired) electrons. The van der Waals surface area contributed by atoms with Crippen molar-refractivity contribution in [1.82, 2.24) is 0 Å². The number of aliphatic hydroxyl groups excluding tert-OH is 1. The van der Waals surface area contributed by atoms with Crippen molar-refractivity contribution in [2.24, 2.45) is 0 Å². The standard InChI is InChI=1S/C37H59N2O2/c1-3-5-7-9-11-13-15-17-19-21-27-38-29-23-34(24-30-38)36(40)33-37(41)35-25-31-39(32-26-35)28-22-20-18-16-14-12-10-8-6-4-2/h23-26,29-33H,3-22,27-28H2,1-2H3/q+1/p+1. The summed E-state index contributed by atoms with van der Waals surface area (Å²) in [6, 6.07) is 7.49. The van der Waals surface area contributed by atoms with Gasteiger partial charge < -0.3 is 5.11 Å². The molecule has 0 atom stereocenters. The van der Waals surface area contributed by atoms with Crippen LogP contribution in [0.1, 0.15) is 158 Å². The molecule has 0 saturated heterocycles. The number of ketones is 1. The molecule has 228 valence electrons. The topological polar surface area (TPSA) is 45.1 Å². The normalized spacial score (nSPS) is 11.7. The zero-order valence-electron chi connectivity index (χ0n) is 26.5. The fourth-order valence-electron chi connectivity index (χ4n) is 5.40. The van der Waals surface area contributed by atoms with E-state index in [1.165, 1.54) is 134 Å². The number of allylic oxidation sites excluding steroid dienone is 1. The van der Waals surface area contributed by atoms with Gasteiger partial charge in [-0.3, -0.25) is 4.79 Å². The molecule has 0 spiro atoms. The van der Waals surface area contributed by atoms with Crippen LogP contribution in [0.5, 0.6) is 0 Å². The second kappa shape index (κ2) is 23.1. The SMILES string of the molecule is CCCCCCCCCCCC[n+]1ccc(C(=O)C=C(O)c2cc[n+](CCCCCCCCCCCC)cc2)cc1. The Balaban J connectivity index is 1.62. The molecule has 0 bridgehead atoms. The molecule has 4 nitrogen and oxygen atoms in total. The molecule has 41 heavy (non-hydrogen) atoms. The van der Waals surface area contributed by atoms with Crippen molar-refractivity contribution in [2.75, 3.05) is 0 Å². The van der Waals surface area contributed by atoms with Crippen molar-refractivity contribution in [3.05, 3.63) is 66.3 Å². The van der Waals surface area contributed by atoms with Crippen LogP contribution in [0.2, 0.25) is 0 Å². The number of pyridine rings is 2. The van der Waals surface area contributed by atoms with E-state index in [1.807, 2.05) is 49.1 Å². The fourth-order valence-corrected chi connectivity index (χ4v) is 5.40. The Morgan fingerprint density at radius 1 is 0.537 bits per heavy atom. The maximum atomic E-state index is 12.7. The Morgan fingerprint density at radius 2 is 0.854 bits per heavy atom. The van der Waals surface area contributed by atoms with Gasteiger partial charge in [-0.1, -0.05) is 117 Å². The minimum absolute atomic E-state index is 0.0168. The van der Waals surface area contributed by atoms with Crippen molar-refractivity contribution in [1.29, 1.82) is 0 Å². The van der Waals surface area contributed by atoms with E-state index in [2.05, 4.69) is 23.0 Å². The summed E-state index contributed by atoms with van der Waals surface area (Å²) in [5, 5.41) is 10.5. The molecule has 0 saturated carbocycles. The van der Waals surface area contributed by atoms with E-state index < -0.39 is 0 Å². The molecule has 0 aliphatic rings. The van der Waals surface area contributed by atoms with Crippen molar-refractivity contribution < 1.29 is 19.0 Å². The van der Waals surface area contributed by atoms with Gasteiger partial charge in [-0.2, -0.15) is 0 Å². The molecule has 2 aromatic rings. The second-order valence-electron chi connectivity index (χ2n) is 11.9. The number of aromatic nitrogens is 2. The average Bonchev–Trinajstić information content (AvgIpc) is 2.99. The van der Waals surface area contributed by atoms with Gasteiger partial charge in [0.05, 0.1) is 0 Å². The average molecular weight is 565 g/mol. The first-order chi connectivity index (χ1) is 20.1. The van der Waals surface area contributed by atoms with Gasteiger partial charge in [0, 0.05) is 54.3 Å². The lowest BCUT2D eigenvalue weighted by Crippen LogP contribution is -2.32. The molecule has 4 heteroatoms. The number of carbonyl (C=O) groups excluding carboxylic acids is 1. The predicted octanol–water partition coefficient (Wildman–Crippen LogP) is 9.89. The fraction of sp³-hybridized carbons (Fsp3) is 0.649. The lowest BCUT2D eigenvalue weighted by Gasteiger charge is -2.03. The first-order valence-electron chi connectivity index (χ1n) is 17.1. The van der Waals surface area contributed by atoms with E-state index in [-0.39, 0.29) is 11.5 Å². The largest absolute Gasteiger partial charge is 0.507 e. The monoisotopic (exact) mass is 564 g/mol. The molecule has 2 heterocycles. The predicted molar refractivity (Wildman–Crippen MR) is 172 cm³/mol. The molecule has 1 N–H and O–H groups in total. The van der Waals surface area contributed by atoms with Crippen LogP contribution in [-0.4, -0.2) is 10.9 Å². The molecule has 2 rings (SSSR count). The first-order valence-corrected chi connectivity index (χ1v) is 17.1. The van der Waals surface area contributed by atoms with Crippen LogP contribution >= 0.6 is 0 Å². The quantitative estimate of drug-likeness (QED) is 0.0429. The molecule has 2 aromatic heterocycles. The third kappa shape index (κ3) is 16.5. The third-order valence-corrected chi connectivity index (χ3v) is 8.17. The maximum absolute atomic E-state index is 12.7. The molecule has 0 aliphatic heterocycles. The molecule has 0 amide bonds. The summed E-state index contributed by atoms with van der Waals surface area (Å²) >= 11 is 0. The number of hydrogen-bond acceptors (Lipinski definition) is 2. The Bertz CT molecular complexity index is 950. The Hall–Kier alpha value is -2.49. The zero-order chi connectivity index (χ0) is 29.4. The highest BCUT2D eigenvalue weighted by molar-refractivity contribution is 6.07. The van der Waals surface area contributed by atoms with E-state index in [0.717, 1.165) is 13.1 Å². The second-order valence-corrected chi connectivity index (χ2v) is 11.9. The van der Waals surface area contributed by atoms with E-state index in [1.54, 1.807) is 0 Å². The van der Waals surface area contributed by atoms with Crippen LogP contribution in [0.4, 0.5) is 0 Å². The van der Waals surface area contributed by atoms with Gasteiger partial charge in [-0.05, 0) is 12.8 Å². The van der Waals surface area contributed by atoms with Crippen LogP contribution in [0.15, 0.2) is 55.1 Å². The zero-order valence-corrected chi connectivity index (χ0v) is 26.5. The highest BCUT2D eigenvalue weighted by Crippen LogP contribution is 2.13. The lowest BCUT2D eigenvalue weighted by molar-refractivity contribution is -0.697. The minimum atomic E-state index is -0.171. The van der Waals surface area contributed by atoms with Gasteiger partial charge >= 0.3 is 0 Å². The van der Waals surface area contributed by atoms with Gasteiger partial charge in [0.2, 0.25) is 0 Å². The summed E-state index contributed by atoms with van der Waals surface area (Å²) in [5.41, 5.74) is 1.27. The van der Waals surface area contributed by atoms with Gasteiger partial charge in [-0.25, -0.2) is 9.13 Å². The molecular formula is C37H60N2O2+2. The Kier molecular flexibility index (Phi) is 19.6. The third-order valence-electron chi connectivity index (χ3n) is 8.17. The smallest absolute Gasteiger partial charge is 0.189 e. The summed E-state index contributed by atoms with van der Waals surface area (Å²) in [7, 11) is 0. The lowest BCUT2D eigenvalue weighted by atomic mass is 10.1. The summed E-state index contributed by atoms with van der Waals surface area (Å²) in [6.07, 6.45) is 36.0. The number of hydrogen-bond donors (Lipinski definition) is 1. The van der Waals surface area contributed by atoms with Gasteiger partial charge in [-0.15, -0.1) is 0 Å². The Labute approximate surface area is 251 Å². The number of carbonyl (C=O) groups is 1. The molecular weight excluding hydrogens is 504 g/mol. The van der Waals surface area contributed by atoms with E-state index in [4.69, 9.17) is 0 Å². The number of rotatable bonds is 25. The van der Waals surface area contributed by atoms with E-state index in [9.17, 15) is 9.90 Å². The van der Waals surface area contributed by atoms with Gasteiger partial charge in [0.25, 0.3) is 0 Å². The number of nitrogens with zero attached hydrogens (tertiary/aromatic N) is 2. The highest BCUT2D eigenvalue weighted by Gasteiger charge is 2.10. The van der Waals surface area contributed by atoms with E-state index in [0.29, 0.717) is 11.1 Å². The summed E-state index contributed by atoms with van der Waals surface area (Å²) < 4.78 is 4.31. The van der Waals surface area contributed by atoms with Crippen LogP contribution < -0.4 is 9.13 Å². The Morgan fingerprint density at radius 3 is 1.22 bits per heavy atom. The van der Waals surface area contributed by atoms with Crippen LogP contribution in [0.25, 0.3) is 5.76 Å². The van der Waals surface area contributed by atoms with Crippen LogP contribution in [0.3, 0.4) is 0 Å². The maximum Gasteiger partial charge on any atom is 0.189 e.